The van der Waals surface area contributed by atoms with Crippen LogP contribution >= 0.6 is 11.3 Å². The van der Waals surface area contributed by atoms with Crippen LogP contribution in [0.2, 0.25) is 0 Å². The minimum atomic E-state index is -0.504. The fourth-order valence-corrected chi connectivity index (χ4v) is 4.46. The SMILES string of the molecule is CCOC(=O)c1sc(C)nc1OC1CC2CCC1CN2C(=O)OC(C)(C)C. The van der Waals surface area contributed by atoms with Gasteiger partial charge in [0.2, 0.25) is 5.88 Å². The topological polar surface area (TPSA) is 78.0 Å². The minimum Gasteiger partial charge on any atom is -0.473 e. The summed E-state index contributed by atoms with van der Waals surface area (Å²) in [6.45, 7) is 10.2. The van der Waals surface area contributed by atoms with Crippen LogP contribution in [0, 0.1) is 12.8 Å². The van der Waals surface area contributed by atoms with Gasteiger partial charge in [0.05, 0.1) is 11.6 Å². The van der Waals surface area contributed by atoms with Crippen LogP contribution < -0.4 is 4.74 Å². The Bertz CT molecular complexity index is 711. The number of carbonyl (C=O) groups excluding carboxylic acids is 2. The summed E-state index contributed by atoms with van der Waals surface area (Å²) in [5, 5.41) is 0.768. The Morgan fingerprint density at radius 2 is 2.04 bits per heavy atom. The first-order chi connectivity index (χ1) is 12.7. The van der Waals surface area contributed by atoms with Gasteiger partial charge in [-0.2, -0.15) is 0 Å². The minimum absolute atomic E-state index is 0.0582. The van der Waals surface area contributed by atoms with Gasteiger partial charge in [-0.1, -0.05) is 0 Å². The molecule has 1 amide bonds. The van der Waals surface area contributed by atoms with Gasteiger partial charge in [-0.25, -0.2) is 14.6 Å². The van der Waals surface area contributed by atoms with Crippen molar-refractivity contribution in [2.75, 3.05) is 13.2 Å². The van der Waals surface area contributed by atoms with E-state index < -0.39 is 11.6 Å². The third kappa shape index (κ3) is 4.54. The number of hydrogen-bond donors (Lipinski definition) is 0. The van der Waals surface area contributed by atoms with Crippen molar-refractivity contribution in [3.63, 3.8) is 0 Å². The molecule has 3 unspecified atom stereocenters. The molecule has 0 aromatic carbocycles. The molecule has 3 aliphatic rings. The Labute approximate surface area is 164 Å². The van der Waals surface area contributed by atoms with Crippen molar-refractivity contribution in [1.29, 1.82) is 0 Å². The Kier molecular flexibility index (Phi) is 5.65. The van der Waals surface area contributed by atoms with Crippen molar-refractivity contribution in [2.45, 2.75) is 71.6 Å². The highest BCUT2D eigenvalue weighted by Crippen LogP contribution is 2.39. The molecule has 2 bridgehead atoms. The maximum Gasteiger partial charge on any atom is 0.410 e. The molecule has 0 N–H and O–H groups in total. The van der Waals surface area contributed by atoms with Crippen molar-refractivity contribution in [3.05, 3.63) is 9.88 Å². The summed E-state index contributed by atoms with van der Waals surface area (Å²) in [7, 11) is 0. The zero-order valence-electron chi connectivity index (χ0n) is 16.6. The van der Waals surface area contributed by atoms with E-state index in [4.69, 9.17) is 14.2 Å². The standard InChI is InChI=1S/C19H28N2O5S/c1-6-24-17(22)15-16(20-11(2)27-15)25-14-9-13-8-7-12(14)10-21(13)18(23)26-19(3,4)5/h12-14H,6-10H2,1-5H3. The molecule has 27 heavy (non-hydrogen) atoms. The molecular formula is C19H28N2O5S. The van der Waals surface area contributed by atoms with Gasteiger partial charge in [0.1, 0.15) is 11.7 Å². The van der Waals surface area contributed by atoms with Crippen LogP contribution in [0.1, 0.15) is 61.6 Å². The zero-order valence-corrected chi connectivity index (χ0v) is 17.4. The number of amides is 1. The number of piperidine rings is 2. The highest BCUT2D eigenvalue weighted by Gasteiger charge is 2.45. The number of esters is 1. The molecule has 1 aliphatic carbocycles. The van der Waals surface area contributed by atoms with E-state index in [0.717, 1.165) is 24.3 Å². The summed E-state index contributed by atoms with van der Waals surface area (Å²) in [5.74, 6) is 0.173. The molecule has 1 aromatic heterocycles. The number of rotatable bonds is 4. The molecule has 150 valence electrons. The monoisotopic (exact) mass is 396 g/mol. The highest BCUT2D eigenvalue weighted by molar-refractivity contribution is 7.13. The van der Waals surface area contributed by atoms with Gasteiger partial charge in [0, 0.05) is 24.9 Å². The van der Waals surface area contributed by atoms with Gasteiger partial charge in [-0.05, 0) is 47.5 Å². The quantitative estimate of drug-likeness (QED) is 0.721. The number of hydrogen-bond acceptors (Lipinski definition) is 7. The second kappa shape index (κ2) is 7.66. The molecule has 3 fully saturated rings. The van der Waals surface area contributed by atoms with Gasteiger partial charge < -0.3 is 19.1 Å². The van der Waals surface area contributed by atoms with E-state index in [2.05, 4.69) is 4.98 Å². The lowest BCUT2D eigenvalue weighted by Crippen LogP contribution is -2.58. The lowest BCUT2D eigenvalue weighted by atomic mass is 9.78. The third-order valence-electron chi connectivity index (χ3n) is 4.83. The maximum absolute atomic E-state index is 12.5. The molecule has 1 aromatic rings. The first-order valence-corrected chi connectivity index (χ1v) is 10.3. The molecule has 4 rings (SSSR count). The summed E-state index contributed by atoms with van der Waals surface area (Å²) in [4.78, 5) is 31.3. The van der Waals surface area contributed by atoms with Crippen LogP contribution in [0.4, 0.5) is 4.79 Å². The van der Waals surface area contributed by atoms with Crippen LogP contribution in [0.15, 0.2) is 0 Å². The summed E-state index contributed by atoms with van der Waals surface area (Å²) < 4.78 is 16.8. The summed E-state index contributed by atoms with van der Waals surface area (Å²) in [6, 6.07) is 0.0978. The van der Waals surface area contributed by atoms with Gasteiger partial charge in [-0.3, -0.25) is 0 Å². The number of carbonyl (C=O) groups is 2. The molecule has 8 heteroatoms. The maximum atomic E-state index is 12.5. The number of nitrogens with zero attached hydrogens (tertiary/aromatic N) is 2. The van der Waals surface area contributed by atoms with Crippen molar-refractivity contribution in [2.24, 2.45) is 5.92 Å². The summed E-state index contributed by atoms with van der Waals surface area (Å²) in [6.07, 6.45) is 2.35. The summed E-state index contributed by atoms with van der Waals surface area (Å²) >= 11 is 1.29. The van der Waals surface area contributed by atoms with Crippen LogP contribution in [0.25, 0.3) is 0 Å². The largest absolute Gasteiger partial charge is 0.473 e. The lowest BCUT2D eigenvalue weighted by Gasteiger charge is -2.48. The van der Waals surface area contributed by atoms with Crippen molar-refractivity contribution in [3.8, 4) is 5.88 Å². The zero-order chi connectivity index (χ0) is 19.8. The Hall–Kier alpha value is -1.83. The Morgan fingerprint density at radius 1 is 1.30 bits per heavy atom. The van der Waals surface area contributed by atoms with Gasteiger partial charge in [-0.15, -0.1) is 11.3 Å². The van der Waals surface area contributed by atoms with E-state index in [1.54, 1.807) is 6.92 Å². The van der Waals surface area contributed by atoms with Crippen LogP contribution in [0.3, 0.4) is 0 Å². The van der Waals surface area contributed by atoms with Crippen molar-refractivity contribution in [1.82, 2.24) is 9.88 Å². The highest BCUT2D eigenvalue weighted by atomic mass is 32.1. The van der Waals surface area contributed by atoms with Crippen LogP contribution in [-0.4, -0.2) is 52.8 Å². The predicted octanol–water partition coefficient (Wildman–Crippen LogP) is 3.80. The number of aromatic nitrogens is 1. The van der Waals surface area contributed by atoms with E-state index in [-0.39, 0.29) is 24.2 Å². The van der Waals surface area contributed by atoms with Gasteiger partial charge in [0.25, 0.3) is 0 Å². The molecular weight excluding hydrogens is 368 g/mol. The molecule has 0 spiro atoms. The average Bonchev–Trinajstić information content (AvgIpc) is 2.94. The van der Waals surface area contributed by atoms with Gasteiger partial charge in [0.15, 0.2) is 4.88 Å². The molecule has 7 nitrogen and oxygen atoms in total. The van der Waals surface area contributed by atoms with Gasteiger partial charge >= 0.3 is 12.1 Å². The molecule has 2 aliphatic heterocycles. The number of fused-ring (bicyclic) bond motifs is 3. The predicted molar refractivity (Wildman–Crippen MR) is 101 cm³/mol. The fourth-order valence-electron chi connectivity index (χ4n) is 3.71. The Morgan fingerprint density at radius 3 is 2.63 bits per heavy atom. The van der Waals surface area contributed by atoms with Crippen molar-refractivity contribution < 1.29 is 23.8 Å². The number of thiazole rings is 1. The second-order valence-electron chi connectivity index (χ2n) is 8.10. The molecule has 0 radical (unpaired) electrons. The van der Waals surface area contributed by atoms with Crippen LogP contribution in [-0.2, 0) is 9.47 Å². The second-order valence-corrected chi connectivity index (χ2v) is 9.31. The molecule has 3 atom stereocenters. The molecule has 3 heterocycles. The normalized spacial score (nSPS) is 24.6. The number of ether oxygens (including phenoxy) is 3. The van der Waals surface area contributed by atoms with E-state index >= 15 is 0 Å². The van der Waals surface area contributed by atoms with E-state index in [1.807, 2.05) is 32.6 Å². The first-order valence-electron chi connectivity index (χ1n) is 9.48. The molecule has 1 saturated carbocycles. The first kappa shape index (κ1) is 19.9. The lowest BCUT2D eigenvalue weighted by molar-refractivity contribution is -0.0513. The molecule has 2 saturated heterocycles. The fraction of sp³-hybridized carbons (Fsp3) is 0.737. The van der Waals surface area contributed by atoms with E-state index in [0.29, 0.717) is 23.9 Å². The Balaban J connectivity index is 1.68. The van der Waals surface area contributed by atoms with E-state index in [1.165, 1.54) is 11.3 Å². The smallest absolute Gasteiger partial charge is 0.410 e. The summed E-state index contributed by atoms with van der Waals surface area (Å²) in [5.41, 5.74) is -0.504. The number of aryl methyl sites for hydroxylation is 1. The average molecular weight is 397 g/mol. The van der Waals surface area contributed by atoms with E-state index in [9.17, 15) is 9.59 Å². The van der Waals surface area contributed by atoms with Crippen LogP contribution in [0.5, 0.6) is 5.88 Å². The van der Waals surface area contributed by atoms with Crippen molar-refractivity contribution >= 4 is 23.4 Å². The third-order valence-corrected chi connectivity index (χ3v) is 5.76.